The number of hydrogen-bond acceptors (Lipinski definition) is 4. The Kier molecular flexibility index (Phi) is 7.89. The Morgan fingerprint density at radius 2 is 1.85 bits per heavy atom. The van der Waals surface area contributed by atoms with Crippen molar-refractivity contribution in [1.29, 1.82) is 0 Å². The fourth-order valence-electron chi connectivity index (χ4n) is 3.66. The predicted octanol–water partition coefficient (Wildman–Crippen LogP) is 5.14. The molecule has 0 saturated heterocycles. The number of fused-ring (bicyclic) bond motifs is 1. The number of aromatic nitrogens is 4. The van der Waals surface area contributed by atoms with E-state index in [0.29, 0.717) is 23.5 Å². The highest BCUT2D eigenvalue weighted by Crippen LogP contribution is 2.23. The van der Waals surface area contributed by atoms with E-state index in [2.05, 4.69) is 53.6 Å². The van der Waals surface area contributed by atoms with Crippen LogP contribution < -0.4 is 10.6 Å². The molecule has 2 aromatic heterocycles. The Hall–Kier alpha value is -3.16. The van der Waals surface area contributed by atoms with Crippen LogP contribution in [0.4, 0.5) is 5.69 Å². The van der Waals surface area contributed by atoms with Gasteiger partial charge in [0.05, 0.1) is 6.04 Å². The van der Waals surface area contributed by atoms with Gasteiger partial charge in [-0.25, -0.2) is 4.52 Å². The first kappa shape index (κ1) is 24.5. The van der Waals surface area contributed by atoms with Gasteiger partial charge in [-0.15, -0.1) is 10.2 Å². The van der Waals surface area contributed by atoms with Crippen LogP contribution in [0.3, 0.4) is 0 Å². The lowest BCUT2D eigenvalue weighted by molar-refractivity contribution is -0.116. The number of H-pyrrole nitrogens is 1. The Bertz CT molecular complexity index is 1090. The molecule has 2 heterocycles. The molecule has 1 aromatic carbocycles. The zero-order valence-corrected chi connectivity index (χ0v) is 20.4. The van der Waals surface area contributed by atoms with E-state index in [1.807, 2.05) is 17.5 Å². The van der Waals surface area contributed by atoms with Gasteiger partial charge in [0.1, 0.15) is 0 Å². The predicted molar refractivity (Wildman–Crippen MR) is 130 cm³/mol. The number of carbonyl (C=O) groups is 2. The second-order valence-electron chi connectivity index (χ2n) is 9.66. The molecular formula is C25H36N6O2. The van der Waals surface area contributed by atoms with Crippen molar-refractivity contribution in [3.8, 4) is 0 Å². The molecule has 0 aliphatic heterocycles. The van der Waals surface area contributed by atoms with Crippen molar-refractivity contribution in [2.24, 2.45) is 0 Å². The Balaban J connectivity index is 1.61. The van der Waals surface area contributed by atoms with Crippen LogP contribution in [0.15, 0.2) is 30.3 Å². The first-order valence-electron chi connectivity index (χ1n) is 11.8. The van der Waals surface area contributed by atoms with Crippen LogP contribution >= 0.6 is 0 Å². The van der Waals surface area contributed by atoms with Gasteiger partial charge in [0, 0.05) is 34.8 Å². The highest BCUT2D eigenvalue weighted by atomic mass is 16.2. The molecule has 33 heavy (non-hydrogen) atoms. The molecule has 178 valence electrons. The van der Waals surface area contributed by atoms with Crippen molar-refractivity contribution >= 4 is 23.1 Å². The Morgan fingerprint density at radius 3 is 2.58 bits per heavy atom. The van der Waals surface area contributed by atoms with Crippen LogP contribution in [0, 0.1) is 0 Å². The summed E-state index contributed by atoms with van der Waals surface area (Å²) in [5.74, 6) is 0.364. The molecule has 3 aromatic rings. The first-order chi connectivity index (χ1) is 15.7. The monoisotopic (exact) mass is 452 g/mol. The van der Waals surface area contributed by atoms with E-state index >= 15 is 0 Å². The Labute approximate surface area is 195 Å². The molecule has 0 aliphatic rings. The van der Waals surface area contributed by atoms with Crippen molar-refractivity contribution in [3.63, 3.8) is 0 Å². The highest BCUT2D eigenvalue weighted by Gasteiger charge is 2.22. The van der Waals surface area contributed by atoms with Crippen LogP contribution in [-0.4, -0.2) is 31.6 Å². The minimum Gasteiger partial charge on any atom is -0.342 e. The van der Waals surface area contributed by atoms with Crippen LogP contribution in [0.1, 0.15) is 101 Å². The molecule has 1 atom stereocenters. The summed E-state index contributed by atoms with van der Waals surface area (Å²) in [6, 6.07) is 8.61. The van der Waals surface area contributed by atoms with Crippen molar-refractivity contribution in [3.05, 3.63) is 47.4 Å². The Morgan fingerprint density at radius 1 is 1.09 bits per heavy atom. The fourth-order valence-corrected chi connectivity index (χ4v) is 3.66. The summed E-state index contributed by atoms with van der Waals surface area (Å²) in [6.45, 7) is 10.4. The zero-order valence-electron chi connectivity index (χ0n) is 20.4. The number of unbranched alkanes of at least 4 members (excludes halogenated alkanes) is 4. The lowest BCUT2D eigenvalue weighted by Gasteiger charge is -2.16. The third-order valence-corrected chi connectivity index (χ3v) is 5.68. The molecule has 3 rings (SSSR count). The average molecular weight is 453 g/mol. The van der Waals surface area contributed by atoms with E-state index in [1.54, 1.807) is 24.3 Å². The third kappa shape index (κ3) is 6.43. The molecule has 0 spiro atoms. The van der Waals surface area contributed by atoms with Crippen molar-refractivity contribution in [2.45, 2.75) is 84.6 Å². The van der Waals surface area contributed by atoms with Gasteiger partial charge in [-0.2, -0.15) is 0 Å². The van der Waals surface area contributed by atoms with Crippen LogP contribution in [0.2, 0.25) is 0 Å². The average Bonchev–Trinajstić information content (AvgIpc) is 3.34. The molecule has 0 fully saturated rings. The van der Waals surface area contributed by atoms with Crippen LogP contribution in [0.5, 0.6) is 0 Å². The number of nitrogens with zero attached hydrogens (tertiary/aromatic N) is 3. The molecule has 0 aliphatic carbocycles. The topological polar surface area (TPSA) is 104 Å². The summed E-state index contributed by atoms with van der Waals surface area (Å²) in [5.41, 5.74) is 2.81. The zero-order chi connectivity index (χ0) is 24.0. The number of hydrogen-bond donors (Lipinski definition) is 3. The van der Waals surface area contributed by atoms with Crippen LogP contribution in [-0.2, 0) is 10.2 Å². The number of carbonyl (C=O) groups excluding carboxylic acids is 2. The maximum absolute atomic E-state index is 12.9. The van der Waals surface area contributed by atoms with E-state index in [4.69, 9.17) is 0 Å². The number of rotatable bonds is 10. The van der Waals surface area contributed by atoms with Gasteiger partial charge in [0.25, 0.3) is 5.91 Å². The number of amides is 2. The number of benzene rings is 1. The summed E-state index contributed by atoms with van der Waals surface area (Å²) >= 11 is 0. The lowest BCUT2D eigenvalue weighted by atomic mass is 9.93. The van der Waals surface area contributed by atoms with E-state index in [1.165, 1.54) is 12.8 Å². The number of anilines is 1. The van der Waals surface area contributed by atoms with E-state index in [0.717, 1.165) is 30.6 Å². The van der Waals surface area contributed by atoms with Gasteiger partial charge >= 0.3 is 0 Å². The molecule has 0 bridgehead atoms. The molecule has 8 nitrogen and oxygen atoms in total. The lowest BCUT2D eigenvalue weighted by Crippen LogP contribution is -2.28. The third-order valence-electron chi connectivity index (χ3n) is 5.68. The number of aromatic amines is 1. The molecule has 0 radical (unpaired) electrons. The minimum atomic E-state index is -0.361. The smallest absolute Gasteiger partial charge is 0.251 e. The molecule has 2 amide bonds. The van der Waals surface area contributed by atoms with Gasteiger partial charge in [-0.05, 0) is 31.5 Å². The molecule has 3 N–H and O–H groups in total. The largest absolute Gasteiger partial charge is 0.342 e. The van der Waals surface area contributed by atoms with E-state index in [-0.39, 0.29) is 23.3 Å². The van der Waals surface area contributed by atoms with Crippen molar-refractivity contribution < 1.29 is 9.59 Å². The minimum absolute atomic E-state index is 0.0234. The SMILES string of the molecule is CCCCCCCC(=O)Nc1cccc(C(=O)NC(C)c2nnc3cc(C(C)(C)C)[nH]n23)c1. The van der Waals surface area contributed by atoms with Gasteiger partial charge in [0.15, 0.2) is 11.5 Å². The van der Waals surface area contributed by atoms with E-state index in [9.17, 15) is 9.59 Å². The molecule has 0 saturated carbocycles. The van der Waals surface area contributed by atoms with Gasteiger partial charge in [-0.1, -0.05) is 59.4 Å². The van der Waals surface area contributed by atoms with Crippen molar-refractivity contribution in [1.82, 2.24) is 25.1 Å². The van der Waals surface area contributed by atoms with E-state index < -0.39 is 0 Å². The summed E-state index contributed by atoms with van der Waals surface area (Å²) in [7, 11) is 0. The second-order valence-corrected chi connectivity index (χ2v) is 9.66. The second kappa shape index (κ2) is 10.6. The van der Waals surface area contributed by atoms with Gasteiger partial charge < -0.3 is 10.6 Å². The maximum Gasteiger partial charge on any atom is 0.251 e. The van der Waals surface area contributed by atoms with Crippen molar-refractivity contribution in [2.75, 3.05) is 5.32 Å². The molecular weight excluding hydrogens is 416 g/mol. The first-order valence-corrected chi connectivity index (χ1v) is 11.8. The number of nitrogens with one attached hydrogen (secondary N) is 3. The van der Waals surface area contributed by atoms with Gasteiger partial charge in [0.2, 0.25) is 5.91 Å². The maximum atomic E-state index is 12.9. The summed E-state index contributed by atoms with van der Waals surface area (Å²) in [5, 5.41) is 17.7. The summed E-state index contributed by atoms with van der Waals surface area (Å²) in [6.07, 6.45) is 5.99. The normalized spacial score (nSPS) is 12.6. The van der Waals surface area contributed by atoms with Gasteiger partial charge in [-0.3, -0.25) is 14.7 Å². The standard InChI is InChI=1S/C25H36N6O2/c1-6-7-8-9-10-14-22(32)27-19-13-11-12-18(15-19)24(33)26-17(2)23-29-28-21-16-20(25(3,4)5)30-31(21)23/h11-13,15-17,30H,6-10,14H2,1-5H3,(H,26,33)(H,27,32). The summed E-state index contributed by atoms with van der Waals surface area (Å²) < 4.78 is 1.81. The van der Waals surface area contributed by atoms with Crippen LogP contribution in [0.25, 0.3) is 5.65 Å². The summed E-state index contributed by atoms with van der Waals surface area (Å²) in [4.78, 5) is 25.1. The fraction of sp³-hybridized carbons (Fsp3) is 0.520. The quantitative estimate of drug-likeness (QED) is 0.370. The highest BCUT2D eigenvalue weighted by molar-refractivity contribution is 5.97. The molecule has 1 unspecified atom stereocenters. The molecule has 8 heteroatoms.